The van der Waals surface area contributed by atoms with E-state index in [1.54, 1.807) is 31.2 Å². The molecule has 5 aromatic rings. The van der Waals surface area contributed by atoms with Crippen molar-refractivity contribution in [1.82, 2.24) is 19.1 Å². The maximum atomic E-state index is 13.9. The molecule has 0 aliphatic heterocycles. The van der Waals surface area contributed by atoms with Crippen LogP contribution in [0.25, 0.3) is 21.9 Å². The van der Waals surface area contributed by atoms with Gasteiger partial charge in [0.15, 0.2) is 0 Å². The Morgan fingerprint density at radius 2 is 1.86 bits per heavy atom. The van der Waals surface area contributed by atoms with Crippen LogP contribution in [-0.2, 0) is 24.3 Å². The molecule has 0 aliphatic rings. The molecule has 0 saturated heterocycles. The van der Waals surface area contributed by atoms with Gasteiger partial charge >= 0.3 is 5.69 Å². The van der Waals surface area contributed by atoms with Gasteiger partial charge < -0.3 is 10.3 Å². The summed E-state index contributed by atoms with van der Waals surface area (Å²) in [6.07, 6.45) is 3.77. The lowest BCUT2D eigenvalue weighted by molar-refractivity contribution is -0.116. The second kappa shape index (κ2) is 9.02. The van der Waals surface area contributed by atoms with E-state index in [0.717, 1.165) is 21.0 Å². The SMILES string of the molecule is Cc1ccc(NC(=O)Cn2c(=O)n(CCc3c[nH]c4ccccc34)c(=O)c3cccnc32)cc1F. The third-order valence-electron chi connectivity index (χ3n) is 6.02. The fourth-order valence-electron chi connectivity index (χ4n) is 4.17. The number of para-hydroxylation sites is 1. The lowest BCUT2D eigenvalue weighted by atomic mass is 10.1. The number of aromatic nitrogens is 4. The van der Waals surface area contributed by atoms with Crippen LogP contribution in [0.4, 0.5) is 10.1 Å². The summed E-state index contributed by atoms with van der Waals surface area (Å²) in [5.41, 5.74) is 1.70. The molecule has 2 aromatic carbocycles. The number of aryl methyl sites for hydroxylation is 2. The zero-order chi connectivity index (χ0) is 24.5. The van der Waals surface area contributed by atoms with Gasteiger partial charge in [-0.1, -0.05) is 24.3 Å². The van der Waals surface area contributed by atoms with Gasteiger partial charge in [0, 0.05) is 35.5 Å². The van der Waals surface area contributed by atoms with Gasteiger partial charge in [-0.05, 0) is 54.8 Å². The van der Waals surface area contributed by atoms with Crippen LogP contribution in [0.15, 0.2) is 76.6 Å². The molecule has 0 atom stereocenters. The van der Waals surface area contributed by atoms with Crippen molar-refractivity contribution in [3.8, 4) is 0 Å². The van der Waals surface area contributed by atoms with Crippen LogP contribution in [0, 0.1) is 12.7 Å². The van der Waals surface area contributed by atoms with E-state index in [2.05, 4.69) is 15.3 Å². The van der Waals surface area contributed by atoms with Gasteiger partial charge in [0.2, 0.25) is 5.91 Å². The minimum atomic E-state index is -0.633. The highest BCUT2D eigenvalue weighted by Crippen LogP contribution is 2.18. The van der Waals surface area contributed by atoms with Gasteiger partial charge in [0.1, 0.15) is 18.0 Å². The molecule has 0 radical (unpaired) electrons. The molecule has 3 aromatic heterocycles. The van der Waals surface area contributed by atoms with Gasteiger partial charge in [-0.15, -0.1) is 0 Å². The van der Waals surface area contributed by atoms with Crippen LogP contribution in [0.5, 0.6) is 0 Å². The summed E-state index contributed by atoms with van der Waals surface area (Å²) in [4.78, 5) is 46.6. The number of aromatic amines is 1. The first-order chi connectivity index (χ1) is 16.9. The van der Waals surface area contributed by atoms with Crippen LogP contribution >= 0.6 is 0 Å². The molecule has 9 heteroatoms. The number of amides is 1. The molecule has 0 saturated carbocycles. The highest BCUT2D eigenvalue weighted by atomic mass is 19.1. The van der Waals surface area contributed by atoms with Crippen molar-refractivity contribution in [3.05, 3.63) is 105 Å². The number of carbonyl (C=O) groups excluding carboxylic acids is 1. The molecule has 3 heterocycles. The van der Waals surface area contributed by atoms with E-state index >= 15 is 0 Å². The van der Waals surface area contributed by atoms with Gasteiger partial charge in [0.05, 0.1) is 5.39 Å². The van der Waals surface area contributed by atoms with Crippen molar-refractivity contribution < 1.29 is 9.18 Å². The fourth-order valence-corrected chi connectivity index (χ4v) is 4.17. The lowest BCUT2D eigenvalue weighted by Gasteiger charge is -2.13. The number of hydrogen-bond donors (Lipinski definition) is 2. The average molecular weight is 471 g/mol. The highest BCUT2D eigenvalue weighted by Gasteiger charge is 2.17. The van der Waals surface area contributed by atoms with Crippen molar-refractivity contribution in [1.29, 1.82) is 0 Å². The van der Waals surface area contributed by atoms with E-state index in [0.29, 0.717) is 12.0 Å². The van der Waals surface area contributed by atoms with E-state index in [1.165, 1.54) is 16.8 Å². The number of benzene rings is 2. The molecule has 176 valence electrons. The van der Waals surface area contributed by atoms with Crippen molar-refractivity contribution >= 4 is 33.5 Å². The molecule has 0 bridgehead atoms. The number of pyridine rings is 1. The Kier molecular flexibility index (Phi) is 5.74. The first-order valence-electron chi connectivity index (χ1n) is 11.1. The summed E-state index contributed by atoms with van der Waals surface area (Å²) in [6, 6.07) is 15.3. The molecule has 0 unspecified atom stereocenters. The summed E-state index contributed by atoms with van der Waals surface area (Å²) in [5.74, 6) is -0.984. The number of hydrogen-bond acceptors (Lipinski definition) is 4. The van der Waals surface area contributed by atoms with Crippen LogP contribution < -0.4 is 16.6 Å². The minimum Gasteiger partial charge on any atom is -0.361 e. The fraction of sp³-hybridized carbons (Fsp3) is 0.154. The highest BCUT2D eigenvalue weighted by molar-refractivity contribution is 5.91. The number of nitrogens with one attached hydrogen (secondary N) is 2. The molecule has 5 rings (SSSR count). The van der Waals surface area contributed by atoms with Gasteiger partial charge in [-0.3, -0.25) is 18.7 Å². The maximum Gasteiger partial charge on any atom is 0.333 e. The molecule has 35 heavy (non-hydrogen) atoms. The second-order valence-corrected chi connectivity index (χ2v) is 8.32. The van der Waals surface area contributed by atoms with Crippen molar-refractivity contribution in [2.24, 2.45) is 0 Å². The molecule has 1 amide bonds. The van der Waals surface area contributed by atoms with E-state index in [-0.39, 0.29) is 29.8 Å². The molecule has 0 spiro atoms. The number of fused-ring (bicyclic) bond motifs is 2. The summed E-state index contributed by atoms with van der Waals surface area (Å²) in [7, 11) is 0. The zero-order valence-electron chi connectivity index (χ0n) is 18.9. The molecule has 8 nitrogen and oxygen atoms in total. The van der Waals surface area contributed by atoms with Gasteiger partial charge in [-0.2, -0.15) is 0 Å². The normalized spacial score (nSPS) is 11.3. The van der Waals surface area contributed by atoms with E-state index in [4.69, 9.17) is 0 Å². The van der Waals surface area contributed by atoms with Crippen molar-refractivity contribution in [2.75, 3.05) is 5.32 Å². The molecular formula is C26H22FN5O3. The first kappa shape index (κ1) is 22.3. The topological polar surface area (TPSA) is 102 Å². The Morgan fingerprint density at radius 3 is 2.69 bits per heavy atom. The quantitative estimate of drug-likeness (QED) is 0.396. The first-order valence-corrected chi connectivity index (χ1v) is 11.1. The summed E-state index contributed by atoms with van der Waals surface area (Å²) >= 11 is 0. The predicted octanol–water partition coefficient (Wildman–Crippen LogP) is 3.37. The van der Waals surface area contributed by atoms with Gasteiger partial charge in [-0.25, -0.2) is 14.2 Å². The number of nitrogens with zero attached hydrogens (tertiary/aromatic N) is 3. The summed E-state index contributed by atoms with van der Waals surface area (Å²) < 4.78 is 16.2. The van der Waals surface area contributed by atoms with E-state index < -0.39 is 23.0 Å². The van der Waals surface area contributed by atoms with Crippen LogP contribution in [0.3, 0.4) is 0 Å². The molecule has 2 N–H and O–H groups in total. The van der Waals surface area contributed by atoms with Crippen molar-refractivity contribution in [3.63, 3.8) is 0 Å². The van der Waals surface area contributed by atoms with E-state index in [1.807, 2.05) is 30.5 Å². The molecule has 0 fully saturated rings. The Labute approximate surface area is 198 Å². The standard InChI is InChI=1S/C26H22FN5O3/c1-16-8-9-18(13-21(16)27)30-23(33)15-32-24-20(6-4-11-28-24)25(34)31(26(32)35)12-10-17-14-29-22-7-3-2-5-19(17)22/h2-9,11,13-14,29H,10,12,15H2,1H3,(H,30,33). The smallest absolute Gasteiger partial charge is 0.333 e. The van der Waals surface area contributed by atoms with Crippen LogP contribution in [0.1, 0.15) is 11.1 Å². The Hall–Kier alpha value is -4.53. The average Bonchev–Trinajstić information content (AvgIpc) is 3.27. The Balaban J connectivity index is 1.48. The van der Waals surface area contributed by atoms with Crippen molar-refractivity contribution in [2.45, 2.75) is 26.4 Å². The number of H-pyrrole nitrogens is 1. The Bertz CT molecular complexity index is 1700. The number of anilines is 1. The van der Waals surface area contributed by atoms with Crippen LogP contribution in [0.2, 0.25) is 0 Å². The summed E-state index contributed by atoms with van der Waals surface area (Å²) in [5, 5.41) is 3.86. The Morgan fingerprint density at radius 1 is 1.06 bits per heavy atom. The molecular weight excluding hydrogens is 449 g/mol. The maximum absolute atomic E-state index is 13.9. The second-order valence-electron chi connectivity index (χ2n) is 8.32. The third-order valence-corrected chi connectivity index (χ3v) is 6.02. The summed E-state index contributed by atoms with van der Waals surface area (Å²) in [6.45, 7) is 1.38. The van der Waals surface area contributed by atoms with Gasteiger partial charge in [0.25, 0.3) is 5.56 Å². The zero-order valence-corrected chi connectivity index (χ0v) is 18.9. The third kappa shape index (κ3) is 4.23. The molecule has 0 aliphatic carbocycles. The lowest BCUT2D eigenvalue weighted by Crippen LogP contribution is -2.42. The van der Waals surface area contributed by atoms with Crippen LogP contribution in [-0.4, -0.2) is 25.0 Å². The van der Waals surface area contributed by atoms with E-state index in [9.17, 15) is 18.8 Å². The number of halogens is 1. The number of rotatable bonds is 6. The monoisotopic (exact) mass is 471 g/mol. The minimum absolute atomic E-state index is 0.121. The predicted molar refractivity (Wildman–Crippen MR) is 132 cm³/mol. The largest absolute Gasteiger partial charge is 0.361 e. The number of carbonyl (C=O) groups is 1.